The first-order valence-corrected chi connectivity index (χ1v) is 6.12. The van der Waals surface area contributed by atoms with Crippen molar-refractivity contribution >= 4 is 5.69 Å². The highest BCUT2D eigenvalue weighted by molar-refractivity contribution is 5.48. The van der Waals surface area contributed by atoms with E-state index < -0.39 is 11.6 Å². The van der Waals surface area contributed by atoms with Crippen molar-refractivity contribution in [2.75, 3.05) is 5.32 Å². The molecule has 1 aromatic carbocycles. The van der Waals surface area contributed by atoms with Crippen LogP contribution in [0, 0.1) is 25.5 Å². The summed E-state index contributed by atoms with van der Waals surface area (Å²) in [4.78, 5) is 0. The van der Waals surface area contributed by atoms with Crippen LogP contribution in [0.2, 0.25) is 0 Å². The third-order valence-electron chi connectivity index (χ3n) is 3.30. The van der Waals surface area contributed by atoms with Crippen molar-refractivity contribution in [1.82, 2.24) is 9.78 Å². The van der Waals surface area contributed by atoms with E-state index in [0.717, 1.165) is 35.2 Å². The molecule has 2 rings (SSSR count). The predicted molar refractivity (Wildman–Crippen MR) is 71.1 cm³/mol. The number of aromatic nitrogens is 2. The maximum Gasteiger partial charge on any atom is 0.146 e. The molecule has 3 nitrogen and oxygen atoms in total. The zero-order valence-corrected chi connectivity index (χ0v) is 11.5. The van der Waals surface area contributed by atoms with E-state index in [0.29, 0.717) is 0 Å². The van der Waals surface area contributed by atoms with Gasteiger partial charge in [-0.25, -0.2) is 8.78 Å². The fourth-order valence-electron chi connectivity index (χ4n) is 2.33. The molecule has 2 aromatic rings. The Labute approximate surface area is 111 Å². The first-order chi connectivity index (χ1) is 8.90. The van der Waals surface area contributed by atoms with Gasteiger partial charge in [0.15, 0.2) is 0 Å². The third kappa shape index (κ3) is 2.59. The summed E-state index contributed by atoms with van der Waals surface area (Å²) in [6.07, 6.45) is 0. The Kier molecular flexibility index (Phi) is 3.55. The lowest BCUT2D eigenvalue weighted by molar-refractivity contribution is 0.600. The van der Waals surface area contributed by atoms with E-state index in [1.807, 2.05) is 27.8 Å². The van der Waals surface area contributed by atoms with Gasteiger partial charge in [-0.15, -0.1) is 0 Å². The number of hydrogen-bond donors (Lipinski definition) is 1. The Morgan fingerprint density at radius 2 is 1.95 bits per heavy atom. The molecule has 1 aromatic heterocycles. The van der Waals surface area contributed by atoms with E-state index in [1.165, 1.54) is 0 Å². The first kappa shape index (κ1) is 13.5. The molecule has 102 valence electrons. The zero-order valence-electron chi connectivity index (χ0n) is 11.5. The minimum Gasteiger partial charge on any atom is -0.376 e. The van der Waals surface area contributed by atoms with Crippen LogP contribution in [0.1, 0.15) is 29.9 Å². The standard InChI is InChI=1S/C14H17F2N3/c1-8(14-9(2)18-19(4)10(14)3)17-13-7-11(15)5-6-12(13)16/h5-8,17H,1-4H3. The molecule has 0 spiro atoms. The number of nitrogens with zero attached hydrogens (tertiary/aromatic N) is 2. The minimum atomic E-state index is -0.465. The monoisotopic (exact) mass is 265 g/mol. The SMILES string of the molecule is Cc1nn(C)c(C)c1C(C)Nc1cc(F)ccc1F. The zero-order chi connectivity index (χ0) is 14.2. The number of aryl methyl sites for hydroxylation is 2. The first-order valence-electron chi connectivity index (χ1n) is 6.12. The van der Waals surface area contributed by atoms with Crippen LogP contribution in [0.4, 0.5) is 14.5 Å². The summed E-state index contributed by atoms with van der Waals surface area (Å²) < 4.78 is 28.5. The van der Waals surface area contributed by atoms with Gasteiger partial charge in [0, 0.05) is 18.3 Å². The van der Waals surface area contributed by atoms with Crippen molar-refractivity contribution < 1.29 is 8.78 Å². The van der Waals surface area contributed by atoms with Crippen LogP contribution in [-0.4, -0.2) is 9.78 Å². The molecule has 1 heterocycles. The number of hydrogen-bond acceptors (Lipinski definition) is 2. The molecule has 0 fully saturated rings. The molecule has 0 bridgehead atoms. The lowest BCUT2D eigenvalue weighted by Gasteiger charge is -2.16. The van der Waals surface area contributed by atoms with Crippen LogP contribution in [0.5, 0.6) is 0 Å². The van der Waals surface area contributed by atoms with Gasteiger partial charge in [0.1, 0.15) is 11.6 Å². The third-order valence-corrected chi connectivity index (χ3v) is 3.30. The van der Waals surface area contributed by atoms with Crippen LogP contribution >= 0.6 is 0 Å². The summed E-state index contributed by atoms with van der Waals surface area (Å²) in [6, 6.07) is 3.23. The molecule has 0 saturated heterocycles. The Morgan fingerprint density at radius 3 is 2.53 bits per heavy atom. The normalized spacial score (nSPS) is 12.5. The lowest BCUT2D eigenvalue weighted by atomic mass is 10.1. The van der Waals surface area contributed by atoms with Gasteiger partial charge in [-0.05, 0) is 39.0 Å². The van der Waals surface area contributed by atoms with Gasteiger partial charge in [-0.2, -0.15) is 5.10 Å². The summed E-state index contributed by atoms with van der Waals surface area (Å²) >= 11 is 0. The fraction of sp³-hybridized carbons (Fsp3) is 0.357. The average Bonchev–Trinajstić information content (AvgIpc) is 2.58. The van der Waals surface area contributed by atoms with Crippen LogP contribution in [-0.2, 0) is 7.05 Å². The van der Waals surface area contributed by atoms with E-state index in [2.05, 4.69) is 10.4 Å². The highest BCUT2D eigenvalue weighted by atomic mass is 19.1. The second kappa shape index (κ2) is 4.99. The van der Waals surface area contributed by atoms with Crippen LogP contribution in [0.25, 0.3) is 0 Å². The molecule has 1 N–H and O–H groups in total. The summed E-state index contributed by atoms with van der Waals surface area (Å²) in [6.45, 7) is 5.76. The number of nitrogens with one attached hydrogen (secondary N) is 1. The molecule has 0 aliphatic heterocycles. The molecular weight excluding hydrogens is 248 g/mol. The number of halogens is 2. The molecule has 1 atom stereocenters. The van der Waals surface area contributed by atoms with E-state index in [-0.39, 0.29) is 11.7 Å². The number of anilines is 1. The maximum atomic E-state index is 13.6. The van der Waals surface area contributed by atoms with E-state index in [1.54, 1.807) is 4.68 Å². The predicted octanol–water partition coefficient (Wildman–Crippen LogP) is 3.49. The Bertz CT molecular complexity index is 605. The van der Waals surface area contributed by atoms with Crippen LogP contribution in [0.15, 0.2) is 18.2 Å². The summed E-state index contributed by atoms with van der Waals surface area (Å²) in [5, 5.41) is 7.32. The van der Waals surface area contributed by atoms with Crippen molar-refractivity contribution in [2.24, 2.45) is 7.05 Å². The molecule has 0 amide bonds. The van der Waals surface area contributed by atoms with E-state index >= 15 is 0 Å². The average molecular weight is 265 g/mol. The maximum absolute atomic E-state index is 13.6. The van der Waals surface area contributed by atoms with Crippen LogP contribution < -0.4 is 5.32 Å². The Hall–Kier alpha value is -1.91. The molecule has 0 aliphatic rings. The second-order valence-electron chi connectivity index (χ2n) is 4.70. The van der Waals surface area contributed by atoms with Gasteiger partial charge >= 0.3 is 0 Å². The highest BCUT2D eigenvalue weighted by Gasteiger charge is 2.17. The van der Waals surface area contributed by atoms with Crippen molar-refractivity contribution in [3.63, 3.8) is 0 Å². The van der Waals surface area contributed by atoms with Gasteiger partial charge in [0.05, 0.1) is 17.4 Å². The van der Waals surface area contributed by atoms with Gasteiger partial charge in [0.2, 0.25) is 0 Å². The van der Waals surface area contributed by atoms with Gasteiger partial charge < -0.3 is 5.32 Å². The van der Waals surface area contributed by atoms with Crippen molar-refractivity contribution in [1.29, 1.82) is 0 Å². The molecule has 0 aliphatic carbocycles. The second-order valence-corrected chi connectivity index (χ2v) is 4.70. The molecule has 0 saturated carbocycles. The minimum absolute atomic E-state index is 0.148. The summed E-state index contributed by atoms with van der Waals surface area (Å²) in [5.74, 6) is -0.928. The number of benzene rings is 1. The molecule has 19 heavy (non-hydrogen) atoms. The fourth-order valence-corrected chi connectivity index (χ4v) is 2.33. The van der Waals surface area contributed by atoms with Gasteiger partial charge in [-0.3, -0.25) is 4.68 Å². The van der Waals surface area contributed by atoms with E-state index in [4.69, 9.17) is 0 Å². The van der Waals surface area contributed by atoms with Crippen molar-refractivity contribution in [2.45, 2.75) is 26.8 Å². The highest BCUT2D eigenvalue weighted by Crippen LogP contribution is 2.26. The van der Waals surface area contributed by atoms with Crippen molar-refractivity contribution in [3.05, 3.63) is 46.8 Å². The van der Waals surface area contributed by atoms with Crippen molar-refractivity contribution in [3.8, 4) is 0 Å². The lowest BCUT2D eigenvalue weighted by Crippen LogP contribution is -2.10. The summed E-state index contributed by atoms with van der Waals surface area (Å²) in [7, 11) is 1.86. The number of rotatable bonds is 3. The smallest absolute Gasteiger partial charge is 0.146 e. The van der Waals surface area contributed by atoms with Gasteiger partial charge in [-0.1, -0.05) is 0 Å². The Morgan fingerprint density at radius 1 is 1.26 bits per heavy atom. The molecular formula is C14H17F2N3. The van der Waals surface area contributed by atoms with Crippen LogP contribution in [0.3, 0.4) is 0 Å². The quantitative estimate of drug-likeness (QED) is 0.920. The topological polar surface area (TPSA) is 29.9 Å². The largest absolute Gasteiger partial charge is 0.376 e. The van der Waals surface area contributed by atoms with Gasteiger partial charge in [0.25, 0.3) is 0 Å². The molecule has 0 radical (unpaired) electrons. The molecule has 5 heteroatoms. The Balaban J connectivity index is 2.30. The van der Waals surface area contributed by atoms with E-state index in [9.17, 15) is 8.78 Å². The summed E-state index contributed by atoms with van der Waals surface area (Å²) in [5.41, 5.74) is 3.06. The molecule has 1 unspecified atom stereocenters.